The van der Waals surface area contributed by atoms with E-state index in [4.69, 9.17) is 9.47 Å². The van der Waals surface area contributed by atoms with E-state index < -0.39 is 0 Å². The molecule has 5 heteroatoms. The summed E-state index contributed by atoms with van der Waals surface area (Å²) in [6, 6.07) is 5.16. The maximum absolute atomic E-state index is 12.4. The van der Waals surface area contributed by atoms with Gasteiger partial charge in [-0.2, -0.15) is 0 Å². The van der Waals surface area contributed by atoms with Gasteiger partial charge in [-0.15, -0.1) is 0 Å². The maximum atomic E-state index is 12.4. The Hall–Kier alpha value is -1.75. The summed E-state index contributed by atoms with van der Waals surface area (Å²) in [7, 11) is 4.88. The van der Waals surface area contributed by atoms with E-state index >= 15 is 0 Å². The molecule has 1 amide bonds. The van der Waals surface area contributed by atoms with E-state index in [1.165, 1.54) is 7.11 Å². The van der Waals surface area contributed by atoms with Crippen molar-refractivity contribution in [2.45, 2.75) is 18.9 Å². The van der Waals surface area contributed by atoms with E-state index in [1.54, 1.807) is 37.3 Å². The van der Waals surface area contributed by atoms with Gasteiger partial charge in [-0.25, -0.2) is 0 Å². The second-order valence-corrected chi connectivity index (χ2v) is 5.24. The Bertz CT molecular complexity index is 483. The van der Waals surface area contributed by atoms with Crippen LogP contribution in [-0.2, 0) is 0 Å². The van der Waals surface area contributed by atoms with E-state index in [2.05, 4.69) is 0 Å². The van der Waals surface area contributed by atoms with Crippen LogP contribution in [0.25, 0.3) is 0 Å². The molecule has 5 nitrogen and oxygen atoms in total. The van der Waals surface area contributed by atoms with E-state index in [9.17, 15) is 9.90 Å². The fourth-order valence-electron chi connectivity index (χ4n) is 2.50. The van der Waals surface area contributed by atoms with E-state index in [-0.39, 0.29) is 12.0 Å². The van der Waals surface area contributed by atoms with Crippen LogP contribution < -0.4 is 9.47 Å². The van der Waals surface area contributed by atoms with Gasteiger partial charge in [0.15, 0.2) is 0 Å². The lowest BCUT2D eigenvalue weighted by Crippen LogP contribution is -2.39. The number of ether oxygens (including phenoxy) is 2. The highest BCUT2D eigenvalue weighted by atomic mass is 16.5. The first kappa shape index (κ1) is 14.7. The van der Waals surface area contributed by atoms with E-state index in [1.807, 2.05) is 0 Å². The summed E-state index contributed by atoms with van der Waals surface area (Å²) in [4.78, 5) is 14.1. The van der Waals surface area contributed by atoms with Gasteiger partial charge in [0, 0.05) is 19.7 Å². The second kappa shape index (κ2) is 6.13. The first-order valence-corrected chi connectivity index (χ1v) is 6.70. The average molecular weight is 279 g/mol. The molecule has 0 unspecified atom stereocenters. The predicted octanol–water partition coefficient (Wildman–Crippen LogP) is 1.55. The maximum Gasteiger partial charge on any atom is 0.257 e. The molecule has 1 aromatic rings. The van der Waals surface area contributed by atoms with E-state index in [0.29, 0.717) is 29.5 Å². The normalized spacial score (nSPS) is 21.0. The molecular weight excluding hydrogens is 258 g/mol. The fraction of sp³-hybridized carbons (Fsp3) is 0.533. The predicted molar refractivity (Wildman–Crippen MR) is 75.2 cm³/mol. The Morgan fingerprint density at radius 1 is 1.35 bits per heavy atom. The van der Waals surface area contributed by atoms with Crippen LogP contribution in [0.5, 0.6) is 11.5 Å². The number of rotatable bonds is 5. The molecule has 2 rings (SSSR count). The Morgan fingerprint density at radius 2 is 2.05 bits per heavy atom. The molecule has 1 aliphatic carbocycles. The lowest BCUT2D eigenvalue weighted by molar-refractivity contribution is 0.0264. The highest BCUT2D eigenvalue weighted by molar-refractivity contribution is 5.97. The van der Waals surface area contributed by atoms with Gasteiger partial charge in [0.2, 0.25) is 0 Å². The number of nitrogens with zero attached hydrogens (tertiary/aromatic N) is 1. The van der Waals surface area contributed by atoms with Crippen molar-refractivity contribution >= 4 is 5.91 Å². The van der Waals surface area contributed by atoms with Crippen LogP contribution in [0, 0.1) is 5.92 Å². The Labute approximate surface area is 119 Å². The number of aliphatic hydroxyl groups is 1. The van der Waals surface area contributed by atoms with Crippen molar-refractivity contribution in [3.05, 3.63) is 23.8 Å². The van der Waals surface area contributed by atoms with Crippen LogP contribution in [0.3, 0.4) is 0 Å². The molecule has 0 spiro atoms. The zero-order chi connectivity index (χ0) is 14.7. The van der Waals surface area contributed by atoms with Crippen LogP contribution >= 0.6 is 0 Å². The molecule has 0 heterocycles. The van der Waals surface area contributed by atoms with Crippen LogP contribution in [0.1, 0.15) is 23.2 Å². The molecule has 1 N–H and O–H groups in total. The summed E-state index contributed by atoms with van der Waals surface area (Å²) in [6.45, 7) is 0.658. The lowest BCUT2D eigenvalue weighted by atomic mass is 9.82. The van der Waals surface area contributed by atoms with Crippen molar-refractivity contribution in [3.63, 3.8) is 0 Å². The molecule has 1 aliphatic rings. The van der Waals surface area contributed by atoms with E-state index in [0.717, 1.165) is 12.8 Å². The molecule has 20 heavy (non-hydrogen) atoms. The van der Waals surface area contributed by atoms with Crippen LogP contribution in [0.15, 0.2) is 18.2 Å². The average Bonchev–Trinajstić information content (AvgIpc) is 2.43. The number of aliphatic hydroxyl groups excluding tert-OH is 1. The van der Waals surface area contributed by atoms with Crippen molar-refractivity contribution in [3.8, 4) is 11.5 Å². The SMILES string of the molecule is COc1ccc(C(=O)N(C)CC2CC(O)C2)c(OC)c1. The monoisotopic (exact) mass is 279 g/mol. The van der Waals surface area contributed by atoms with Crippen LogP contribution in [-0.4, -0.2) is 49.8 Å². The zero-order valence-corrected chi connectivity index (χ0v) is 12.1. The van der Waals surface area contributed by atoms with Crippen molar-refractivity contribution in [1.29, 1.82) is 0 Å². The van der Waals surface area contributed by atoms with Crippen molar-refractivity contribution < 1.29 is 19.4 Å². The van der Waals surface area contributed by atoms with Crippen molar-refractivity contribution in [2.75, 3.05) is 27.8 Å². The molecule has 0 bridgehead atoms. The highest BCUT2D eigenvalue weighted by Gasteiger charge is 2.29. The molecule has 110 valence electrons. The summed E-state index contributed by atoms with van der Waals surface area (Å²) in [5.41, 5.74) is 0.524. The van der Waals surface area contributed by atoms with Crippen molar-refractivity contribution in [1.82, 2.24) is 4.90 Å². The number of hydrogen-bond donors (Lipinski definition) is 1. The highest BCUT2D eigenvalue weighted by Crippen LogP contribution is 2.29. The van der Waals surface area contributed by atoms with Gasteiger partial charge in [-0.3, -0.25) is 4.79 Å². The minimum absolute atomic E-state index is 0.0779. The second-order valence-electron chi connectivity index (χ2n) is 5.24. The minimum Gasteiger partial charge on any atom is -0.497 e. The van der Waals surface area contributed by atoms with Crippen LogP contribution in [0.2, 0.25) is 0 Å². The zero-order valence-electron chi connectivity index (χ0n) is 12.1. The molecule has 1 fully saturated rings. The summed E-state index contributed by atoms with van der Waals surface area (Å²) in [5, 5.41) is 9.29. The smallest absolute Gasteiger partial charge is 0.257 e. The first-order valence-electron chi connectivity index (χ1n) is 6.70. The fourth-order valence-corrected chi connectivity index (χ4v) is 2.50. The first-order chi connectivity index (χ1) is 9.55. The molecule has 0 radical (unpaired) electrons. The Balaban J connectivity index is 2.07. The summed E-state index contributed by atoms with van der Waals surface area (Å²) < 4.78 is 10.4. The molecular formula is C15H21NO4. The third kappa shape index (κ3) is 3.04. The van der Waals surface area contributed by atoms with Gasteiger partial charge in [0.05, 0.1) is 25.9 Å². The number of carbonyl (C=O) groups is 1. The minimum atomic E-state index is -0.195. The quantitative estimate of drug-likeness (QED) is 0.888. The summed E-state index contributed by atoms with van der Waals surface area (Å²) in [6.07, 6.45) is 1.35. The summed E-state index contributed by atoms with van der Waals surface area (Å²) >= 11 is 0. The molecule has 1 saturated carbocycles. The Morgan fingerprint density at radius 3 is 2.60 bits per heavy atom. The van der Waals surface area contributed by atoms with Gasteiger partial charge in [0.25, 0.3) is 5.91 Å². The molecule has 0 saturated heterocycles. The van der Waals surface area contributed by atoms with Crippen LogP contribution in [0.4, 0.5) is 0 Å². The number of methoxy groups -OCH3 is 2. The third-order valence-corrected chi connectivity index (χ3v) is 3.73. The van der Waals surface area contributed by atoms with Gasteiger partial charge >= 0.3 is 0 Å². The van der Waals surface area contributed by atoms with Gasteiger partial charge in [-0.05, 0) is 30.9 Å². The van der Waals surface area contributed by atoms with Crippen molar-refractivity contribution in [2.24, 2.45) is 5.92 Å². The number of benzene rings is 1. The number of carbonyl (C=O) groups excluding carboxylic acids is 1. The summed E-state index contributed by atoms with van der Waals surface area (Å²) in [5.74, 6) is 1.48. The number of hydrogen-bond acceptors (Lipinski definition) is 4. The van der Waals surface area contributed by atoms with Gasteiger partial charge in [0.1, 0.15) is 11.5 Å². The third-order valence-electron chi connectivity index (χ3n) is 3.73. The largest absolute Gasteiger partial charge is 0.497 e. The molecule has 0 aliphatic heterocycles. The number of amides is 1. The van der Waals surface area contributed by atoms with Gasteiger partial charge in [-0.1, -0.05) is 0 Å². The molecule has 0 atom stereocenters. The topological polar surface area (TPSA) is 59.0 Å². The molecule has 1 aromatic carbocycles. The Kier molecular flexibility index (Phi) is 4.49. The standard InChI is InChI=1S/C15H21NO4/c1-16(9-10-6-11(17)7-10)15(18)13-5-4-12(19-2)8-14(13)20-3/h4-5,8,10-11,17H,6-7,9H2,1-3H3. The van der Waals surface area contributed by atoms with Gasteiger partial charge < -0.3 is 19.5 Å². The lowest BCUT2D eigenvalue weighted by Gasteiger charge is -2.34. The molecule has 0 aromatic heterocycles.